The smallest absolute Gasteiger partial charge is 0.459 e. The van der Waals surface area contributed by atoms with Crippen molar-refractivity contribution in [2.24, 2.45) is 0 Å². The highest BCUT2D eigenvalue weighted by Gasteiger charge is 2.40. The first-order chi connectivity index (χ1) is 49.3. The van der Waals surface area contributed by atoms with Crippen LogP contribution in [0, 0.1) is 0 Å². The van der Waals surface area contributed by atoms with Crippen molar-refractivity contribution in [3.8, 4) is 0 Å². The van der Waals surface area contributed by atoms with Crippen molar-refractivity contribution in [2.45, 2.75) is 166 Å². The van der Waals surface area contributed by atoms with Crippen LogP contribution < -0.4 is 0 Å². The van der Waals surface area contributed by atoms with Gasteiger partial charge in [-0.05, 0) is 80.3 Å². The Morgan fingerprint density at radius 3 is 1.04 bits per heavy atom. The van der Waals surface area contributed by atoms with E-state index in [1.54, 1.807) is 55.7 Å². The molecule has 0 aliphatic carbocycles. The summed E-state index contributed by atoms with van der Waals surface area (Å²) in [5.74, 6) is 0.403. The average Bonchev–Trinajstić information content (AvgIpc) is 1.67. The predicted molar refractivity (Wildman–Crippen MR) is 390 cm³/mol. The van der Waals surface area contributed by atoms with Crippen molar-refractivity contribution in [3.05, 3.63) is 24.8 Å². The number of rotatable bonds is 51. The minimum Gasteiger partial charge on any atom is -0.459 e. The highest BCUT2D eigenvalue weighted by molar-refractivity contribution is 6.66. The van der Waals surface area contributed by atoms with Gasteiger partial charge in [-0.15, -0.1) is 18.2 Å². The van der Waals surface area contributed by atoms with Crippen molar-refractivity contribution in [3.63, 3.8) is 0 Å². The Morgan fingerprint density at radius 1 is 0.441 bits per heavy atom. The molecule has 10 aliphatic rings. The van der Waals surface area contributed by atoms with Crippen molar-refractivity contribution >= 4 is 52.3 Å². The molecule has 10 atom stereocenters. The molecule has 0 aromatic heterocycles. The van der Waals surface area contributed by atoms with Gasteiger partial charge in [0.1, 0.15) is 55.4 Å². The maximum Gasteiger partial charge on any atom is 0.501 e. The second-order valence-corrected chi connectivity index (χ2v) is 37.3. The molecule has 30 nitrogen and oxygen atoms in total. The second kappa shape index (κ2) is 62.7. The Morgan fingerprint density at radius 2 is 0.775 bits per heavy atom. The number of halogens is 1. The highest BCUT2D eigenvalue weighted by Crippen LogP contribution is 2.21. The van der Waals surface area contributed by atoms with Gasteiger partial charge in [-0.3, -0.25) is 0 Å². The van der Waals surface area contributed by atoms with Crippen molar-refractivity contribution < 1.29 is 140 Å². The molecule has 2 N–H and O–H groups in total. The molecule has 606 valence electrons. The third-order valence-corrected chi connectivity index (χ3v) is 26.7. The number of esters is 1. The largest absolute Gasteiger partial charge is 0.501 e. The summed E-state index contributed by atoms with van der Waals surface area (Å²) in [6.07, 6.45) is 8.78. The van der Waals surface area contributed by atoms with Crippen LogP contribution in [0.1, 0.15) is 67.2 Å². The zero-order valence-corrected chi connectivity index (χ0v) is 69.1. The van der Waals surface area contributed by atoms with Gasteiger partial charge in [0.05, 0.1) is 131 Å². The van der Waals surface area contributed by atoms with Gasteiger partial charge >= 0.3 is 40.7 Å². The number of aliphatic hydroxyl groups excluding tert-OH is 2. The van der Waals surface area contributed by atoms with E-state index < -0.39 is 34.7 Å². The highest BCUT2D eigenvalue weighted by atomic mass is 35.5. The number of carbonyl (C=O) groups excluding carboxylic acids is 1. The first-order valence-electron chi connectivity index (χ1n) is 36.0. The Hall–Kier alpha value is -1.01. The number of methoxy groups -OCH3 is 1. The maximum absolute atomic E-state index is 10.7. The van der Waals surface area contributed by atoms with Crippen LogP contribution in [0.15, 0.2) is 24.8 Å². The third kappa shape index (κ3) is 62.8. The monoisotopic (exact) mass is 1570 g/mol. The molecule has 10 aliphatic heterocycles. The molecule has 0 radical (unpaired) electrons. The molecule has 10 fully saturated rings. The number of epoxide rings is 10. The summed E-state index contributed by atoms with van der Waals surface area (Å²) in [6, 6.07) is 3.35. The van der Waals surface area contributed by atoms with Gasteiger partial charge in [-0.25, -0.2) is 4.79 Å². The van der Waals surface area contributed by atoms with Gasteiger partial charge in [0.15, 0.2) is 0 Å². The van der Waals surface area contributed by atoms with Crippen LogP contribution in [0.4, 0.5) is 0 Å². The lowest BCUT2D eigenvalue weighted by molar-refractivity contribution is -0.139. The standard InChI is InChI=1S/C12H26O5Si.C10H22O4Si.C9H20O5Si.C8H18O4Si.C7H10O3.C6H10O2.C4H7ClO.2C4H8O2.C3H6O2/c1-4-15-18(16-5-2,17-6-3)9-7-8-13-10-12-11-14-12;1-4-13-15(3,14-5-2)7-6-11-8-10-9-12-10;1-10-15(11-2,12-3)6-4-5-13-7-9-8-14-9;1-9-13(3,10-2)5-4-11-6-8-7-12-8;1-5(2)7(8)10-4-6-3-9-6;1-2-3-7-4-6-5-8-6;5-2-1-4-3-6-4;1-5-2-4-3-6-4;5-2-1-4-3-6-4;4-1-3-2-5-3/h12H,4-11H2,1-3H3;10H,4-9H2,1-3H3;9H,4-8H2,1-3H3;8H,4-7H2,1-3H3;6H,1,3-4H2,2H3;2,6H,1,3-5H2;4H,1-3H2;4H,2-3H2,1H3;4-5H,1-3H2;3-4H,1-2H2. The molecule has 10 unspecified atom stereocenters. The zero-order valence-electron chi connectivity index (χ0n) is 64.3. The number of aliphatic hydroxyl groups is 2. The zero-order chi connectivity index (χ0) is 75.6. The molecule has 0 amide bonds. The van der Waals surface area contributed by atoms with Crippen LogP contribution in [0.2, 0.25) is 37.3 Å². The lowest BCUT2D eigenvalue weighted by Gasteiger charge is -2.28. The third-order valence-electron chi connectivity index (χ3n) is 14.7. The van der Waals surface area contributed by atoms with Gasteiger partial charge in [0, 0.05) is 144 Å². The topological polar surface area (TPSA) is 340 Å². The van der Waals surface area contributed by atoms with E-state index in [1.807, 2.05) is 41.2 Å². The summed E-state index contributed by atoms with van der Waals surface area (Å²) in [7, 11) is 1.20. The van der Waals surface area contributed by atoms with E-state index in [0.717, 1.165) is 128 Å². The fraction of sp³-hybridized carbons (Fsp3) is 0.925. The molecular weight excluding hydrogens is 1430 g/mol. The molecule has 0 spiro atoms. The van der Waals surface area contributed by atoms with Crippen LogP contribution in [-0.2, 0) is 130 Å². The number of alkyl halides is 1. The van der Waals surface area contributed by atoms with E-state index in [1.165, 1.54) is 0 Å². The van der Waals surface area contributed by atoms with Gasteiger partial charge in [-0.1, -0.05) is 12.7 Å². The first-order valence-corrected chi connectivity index (χ1v) is 45.4. The summed E-state index contributed by atoms with van der Waals surface area (Å²) in [4.78, 5) is 10.7. The van der Waals surface area contributed by atoms with Gasteiger partial charge < -0.3 is 135 Å². The first kappa shape index (κ1) is 99.0. The summed E-state index contributed by atoms with van der Waals surface area (Å²) in [5, 5.41) is 16.3. The molecule has 35 heteroatoms. The Bertz CT molecular complexity index is 1880. The van der Waals surface area contributed by atoms with E-state index in [4.69, 9.17) is 142 Å². The summed E-state index contributed by atoms with van der Waals surface area (Å²) in [6.45, 7) is 43.0. The molecule has 0 saturated carbocycles. The van der Waals surface area contributed by atoms with Crippen LogP contribution in [0.25, 0.3) is 0 Å². The Balaban J connectivity index is 0.000000580. The quantitative estimate of drug-likeness (QED) is 0.0132. The normalized spacial score (nSPS) is 23.4. The predicted octanol–water partition coefficient (Wildman–Crippen LogP) is 6.11. The van der Waals surface area contributed by atoms with Crippen molar-refractivity contribution in [1.82, 2.24) is 0 Å². The molecule has 10 heterocycles. The van der Waals surface area contributed by atoms with E-state index in [0.29, 0.717) is 160 Å². The number of ether oxygens (including phenoxy) is 17. The second-order valence-electron chi connectivity index (χ2n) is 24.2. The van der Waals surface area contributed by atoms with Crippen molar-refractivity contribution in [1.29, 1.82) is 0 Å². The minimum atomic E-state index is -2.47. The summed E-state index contributed by atoms with van der Waals surface area (Å²) >= 11 is 5.36. The summed E-state index contributed by atoms with van der Waals surface area (Å²) in [5.41, 5.74) is 0.431. The van der Waals surface area contributed by atoms with Crippen LogP contribution in [-0.4, -0.2) is 352 Å². The fourth-order valence-electron chi connectivity index (χ4n) is 7.62. The molecule has 10 saturated heterocycles. The van der Waals surface area contributed by atoms with E-state index >= 15 is 0 Å². The maximum atomic E-state index is 10.7. The van der Waals surface area contributed by atoms with E-state index in [9.17, 15) is 4.79 Å². The molecule has 10 rings (SSSR count). The SMILES string of the molecule is C=C(C)C(=O)OCC1CO1.C=CCOCC1CO1.CCO[Si](C)(CCOCC1CO1)OCC.CCO[Si](CCCOCC1CO1)(OCC)OCC.COCC1CO1.CO[Si](C)(CCOCC1CO1)OC.CO[Si](CCCOCC1CO1)(OC)OC.ClCCC1CO1.OCC1CO1.OCCC1CO1. The lowest BCUT2D eigenvalue weighted by atomic mass is 10.4. The fourth-order valence-corrected chi connectivity index (χ4v) is 15.3. The molecule has 0 aromatic rings. The summed E-state index contributed by atoms with van der Waals surface area (Å²) < 4.78 is 141. The molecular formula is C67H135ClO30Si4. The Labute approximate surface area is 619 Å². The minimum absolute atomic E-state index is 0.142. The number of carbonyl (C=O) groups is 1. The van der Waals surface area contributed by atoms with Gasteiger partial charge in [-0.2, -0.15) is 0 Å². The van der Waals surface area contributed by atoms with E-state index in [2.05, 4.69) is 24.4 Å². The van der Waals surface area contributed by atoms with Crippen molar-refractivity contribution in [2.75, 3.05) is 240 Å². The van der Waals surface area contributed by atoms with Crippen LogP contribution >= 0.6 is 11.6 Å². The van der Waals surface area contributed by atoms with Crippen LogP contribution in [0.3, 0.4) is 0 Å². The Kier molecular flexibility index (Phi) is 60.9. The van der Waals surface area contributed by atoms with Crippen LogP contribution in [0.5, 0.6) is 0 Å². The number of hydrogen-bond acceptors (Lipinski definition) is 30. The average molecular weight is 1570 g/mol. The molecule has 0 bridgehead atoms. The van der Waals surface area contributed by atoms with E-state index in [-0.39, 0.29) is 31.4 Å². The lowest BCUT2D eigenvalue weighted by Crippen LogP contribution is -2.46. The molecule has 102 heavy (non-hydrogen) atoms. The molecule has 0 aromatic carbocycles. The van der Waals surface area contributed by atoms with Gasteiger partial charge in [0.25, 0.3) is 0 Å². The van der Waals surface area contributed by atoms with Gasteiger partial charge in [0.2, 0.25) is 0 Å². The number of hydrogen-bond donors (Lipinski definition) is 2.